The molecule has 0 aromatic heterocycles. The van der Waals surface area contributed by atoms with Crippen molar-refractivity contribution in [3.05, 3.63) is 0 Å². The van der Waals surface area contributed by atoms with E-state index in [0.717, 1.165) is 113 Å². The van der Waals surface area contributed by atoms with E-state index in [0.29, 0.717) is 23.7 Å². The molecular formula is C50H102O5. The number of hydrogen-bond donors (Lipinski definition) is 2. The van der Waals surface area contributed by atoms with Crippen molar-refractivity contribution in [3.8, 4) is 0 Å². The molecular weight excluding hydrogens is 681 g/mol. The summed E-state index contributed by atoms with van der Waals surface area (Å²) in [5.41, 5.74) is 0. The molecule has 332 valence electrons. The fourth-order valence-electron chi connectivity index (χ4n) is 10.2. The second kappa shape index (κ2) is 33.6. The molecule has 0 saturated heterocycles. The highest BCUT2D eigenvalue weighted by atomic mass is 16.8. The van der Waals surface area contributed by atoms with Gasteiger partial charge in [0, 0.05) is 13.2 Å². The Balaban J connectivity index is 4.88. The maximum absolute atomic E-state index is 9.75. The highest BCUT2D eigenvalue weighted by Crippen LogP contribution is 2.31. The van der Waals surface area contributed by atoms with Crippen molar-refractivity contribution in [2.75, 3.05) is 13.2 Å². The number of aliphatic hydroxyl groups is 2. The van der Waals surface area contributed by atoms with Crippen LogP contribution in [0.3, 0.4) is 0 Å². The predicted octanol–water partition coefficient (Wildman–Crippen LogP) is 14.7. The summed E-state index contributed by atoms with van der Waals surface area (Å²) in [6.07, 6.45) is 22.3. The van der Waals surface area contributed by atoms with Gasteiger partial charge in [0.1, 0.15) is 0 Å². The van der Waals surface area contributed by atoms with Gasteiger partial charge in [-0.25, -0.2) is 0 Å². The molecule has 0 rings (SSSR count). The quantitative estimate of drug-likeness (QED) is 0.0482. The molecule has 0 aliphatic carbocycles. The van der Waals surface area contributed by atoms with Gasteiger partial charge in [-0.05, 0) is 176 Å². The summed E-state index contributed by atoms with van der Waals surface area (Å²) in [4.78, 5) is 0. The SMILES string of the molecule is CCCCOC(CCCC(C)CC(C)CC(C)CC(C)CC(C)CC(C)O)OC(CCCC(C)CC(C)CC(C)CC(C)CC(C)CC(C)O)OCCCC. The first-order chi connectivity index (χ1) is 25.9. The van der Waals surface area contributed by atoms with Gasteiger partial charge in [0.15, 0.2) is 12.6 Å². The molecule has 0 heterocycles. The number of aliphatic hydroxyl groups excluding tert-OH is 2. The minimum atomic E-state index is -0.188. The highest BCUT2D eigenvalue weighted by molar-refractivity contribution is 4.71. The average molecular weight is 783 g/mol. The smallest absolute Gasteiger partial charge is 0.160 e. The fraction of sp³-hybridized carbons (Fsp3) is 1.00. The van der Waals surface area contributed by atoms with Gasteiger partial charge in [0.25, 0.3) is 0 Å². The van der Waals surface area contributed by atoms with E-state index >= 15 is 0 Å². The van der Waals surface area contributed by atoms with Crippen molar-refractivity contribution in [2.45, 2.75) is 250 Å². The molecule has 5 heteroatoms. The zero-order valence-corrected chi connectivity index (χ0v) is 39.8. The van der Waals surface area contributed by atoms with Crippen molar-refractivity contribution >= 4 is 0 Å². The standard InChI is InChI=1S/C50H102O5/c1-15-17-25-53-49(23-19-21-37(3)27-39(5)29-41(7)31-43(9)33-45(11)35-47(13)51)55-50(54-26-18-16-2)24-20-22-38(4)28-40(6)30-42(8)32-44(10)34-46(12)36-48(14)52/h37-52H,15-36H2,1-14H3. The molecule has 0 saturated carbocycles. The maximum Gasteiger partial charge on any atom is 0.160 e. The van der Waals surface area contributed by atoms with E-state index in [9.17, 15) is 10.2 Å². The minimum absolute atomic E-state index is 0.183. The molecule has 0 radical (unpaired) electrons. The highest BCUT2D eigenvalue weighted by Gasteiger charge is 2.22. The van der Waals surface area contributed by atoms with Gasteiger partial charge in [-0.2, -0.15) is 0 Å². The monoisotopic (exact) mass is 783 g/mol. The third kappa shape index (κ3) is 33.3. The first-order valence-electron chi connectivity index (χ1n) is 24.2. The molecule has 55 heavy (non-hydrogen) atoms. The lowest BCUT2D eigenvalue weighted by molar-refractivity contribution is -0.250. The van der Waals surface area contributed by atoms with Gasteiger partial charge in [0.2, 0.25) is 0 Å². The molecule has 0 aromatic rings. The van der Waals surface area contributed by atoms with Gasteiger partial charge in [0.05, 0.1) is 12.2 Å². The lowest BCUT2D eigenvalue weighted by Gasteiger charge is -2.27. The lowest BCUT2D eigenvalue weighted by atomic mass is 9.82. The number of rotatable bonds is 38. The molecule has 14 atom stereocenters. The second-order valence-corrected chi connectivity index (χ2v) is 20.4. The van der Waals surface area contributed by atoms with Gasteiger partial charge in [-0.1, -0.05) is 109 Å². The largest absolute Gasteiger partial charge is 0.393 e. The first kappa shape index (κ1) is 54.8. The Bertz CT molecular complexity index is 767. The summed E-state index contributed by atoms with van der Waals surface area (Å²) < 4.78 is 19.4. The van der Waals surface area contributed by atoms with Gasteiger partial charge in [-0.15, -0.1) is 0 Å². The molecule has 0 bridgehead atoms. The summed E-state index contributed by atoms with van der Waals surface area (Å²) in [6.45, 7) is 33.9. The van der Waals surface area contributed by atoms with Crippen molar-refractivity contribution in [2.24, 2.45) is 59.2 Å². The average Bonchev–Trinajstić information content (AvgIpc) is 3.03. The van der Waals surface area contributed by atoms with Gasteiger partial charge >= 0.3 is 0 Å². The third-order valence-corrected chi connectivity index (χ3v) is 12.1. The number of hydrogen-bond acceptors (Lipinski definition) is 5. The molecule has 0 spiro atoms. The zero-order chi connectivity index (χ0) is 41.8. The van der Waals surface area contributed by atoms with E-state index < -0.39 is 0 Å². The predicted molar refractivity (Wildman–Crippen MR) is 239 cm³/mol. The Kier molecular flexibility index (Phi) is 33.5. The van der Waals surface area contributed by atoms with E-state index in [-0.39, 0.29) is 24.8 Å². The Morgan fingerprint density at radius 3 is 0.836 bits per heavy atom. The molecule has 0 aliphatic rings. The molecule has 0 aliphatic heterocycles. The van der Waals surface area contributed by atoms with Crippen LogP contribution in [0.15, 0.2) is 0 Å². The molecule has 2 N–H and O–H groups in total. The van der Waals surface area contributed by atoms with Crippen molar-refractivity contribution in [1.82, 2.24) is 0 Å². The molecule has 0 amide bonds. The Hall–Kier alpha value is -0.200. The minimum Gasteiger partial charge on any atom is -0.393 e. The topological polar surface area (TPSA) is 68.2 Å². The van der Waals surface area contributed by atoms with Crippen LogP contribution in [-0.2, 0) is 14.2 Å². The van der Waals surface area contributed by atoms with Crippen LogP contribution in [0.4, 0.5) is 0 Å². The maximum atomic E-state index is 9.75. The van der Waals surface area contributed by atoms with Crippen LogP contribution in [0.1, 0.15) is 225 Å². The molecule has 5 nitrogen and oxygen atoms in total. The van der Waals surface area contributed by atoms with Crippen LogP contribution in [0.5, 0.6) is 0 Å². The van der Waals surface area contributed by atoms with E-state index in [1.165, 1.54) is 64.2 Å². The van der Waals surface area contributed by atoms with E-state index in [4.69, 9.17) is 14.2 Å². The Morgan fingerprint density at radius 2 is 0.582 bits per heavy atom. The molecule has 0 fully saturated rings. The fourth-order valence-corrected chi connectivity index (χ4v) is 10.2. The number of unbranched alkanes of at least 4 members (excludes halogenated alkanes) is 2. The van der Waals surface area contributed by atoms with Crippen LogP contribution >= 0.6 is 0 Å². The lowest BCUT2D eigenvalue weighted by Crippen LogP contribution is -2.28. The normalized spacial score (nSPS) is 20.1. The third-order valence-electron chi connectivity index (χ3n) is 12.1. The van der Waals surface area contributed by atoms with Crippen molar-refractivity contribution < 1.29 is 24.4 Å². The summed E-state index contributed by atoms with van der Waals surface area (Å²) in [5, 5.41) is 19.5. The van der Waals surface area contributed by atoms with E-state index in [1.54, 1.807) is 0 Å². The second-order valence-electron chi connectivity index (χ2n) is 20.4. The summed E-state index contributed by atoms with van der Waals surface area (Å²) >= 11 is 0. The summed E-state index contributed by atoms with van der Waals surface area (Å²) in [6, 6.07) is 0. The molecule has 14 unspecified atom stereocenters. The van der Waals surface area contributed by atoms with Crippen LogP contribution in [-0.4, -0.2) is 48.2 Å². The first-order valence-corrected chi connectivity index (χ1v) is 24.2. The zero-order valence-electron chi connectivity index (χ0n) is 39.8. The van der Waals surface area contributed by atoms with Crippen molar-refractivity contribution in [3.63, 3.8) is 0 Å². The molecule has 0 aromatic carbocycles. The van der Waals surface area contributed by atoms with Crippen LogP contribution in [0.2, 0.25) is 0 Å². The Morgan fingerprint density at radius 1 is 0.327 bits per heavy atom. The van der Waals surface area contributed by atoms with Gasteiger partial charge < -0.3 is 24.4 Å². The van der Waals surface area contributed by atoms with E-state index in [2.05, 4.69) is 83.1 Å². The summed E-state index contributed by atoms with van der Waals surface area (Å²) in [7, 11) is 0. The van der Waals surface area contributed by atoms with Crippen LogP contribution in [0.25, 0.3) is 0 Å². The van der Waals surface area contributed by atoms with Gasteiger partial charge in [-0.3, -0.25) is 0 Å². The summed E-state index contributed by atoms with van der Waals surface area (Å²) in [5.74, 6) is 7.05. The van der Waals surface area contributed by atoms with E-state index in [1.807, 2.05) is 13.8 Å². The Labute approximate surface area is 346 Å². The number of ether oxygens (including phenoxy) is 3. The van der Waals surface area contributed by atoms with Crippen LogP contribution in [0, 0.1) is 59.2 Å². The van der Waals surface area contributed by atoms with Crippen LogP contribution < -0.4 is 0 Å². The van der Waals surface area contributed by atoms with Crippen molar-refractivity contribution in [1.29, 1.82) is 0 Å².